The summed E-state index contributed by atoms with van der Waals surface area (Å²) >= 11 is 0. The highest BCUT2D eigenvalue weighted by Gasteiger charge is 2.32. The summed E-state index contributed by atoms with van der Waals surface area (Å²) in [5, 5.41) is 0. The number of nitrogens with zero attached hydrogens (tertiary/aromatic N) is 2. The first-order valence-corrected chi connectivity index (χ1v) is 4.71. The van der Waals surface area contributed by atoms with Crippen LogP contribution in [-0.4, -0.2) is 17.1 Å². The fourth-order valence-electron chi connectivity index (χ4n) is 2.01. The minimum Gasteiger partial charge on any atom is -0.481 e. The van der Waals surface area contributed by atoms with Gasteiger partial charge in [-0.2, -0.15) is 4.98 Å². The smallest absolute Gasteiger partial charge is 0.223 e. The highest BCUT2D eigenvalue weighted by Crippen LogP contribution is 2.38. The van der Waals surface area contributed by atoms with Gasteiger partial charge in [-0.1, -0.05) is 13.8 Å². The van der Waals surface area contributed by atoms with Gasteiger partial charge >= 0.3 is 0 Å². The SMILES string of the molecule is COc1nc(N)nc2c1CC(C)(C)C2. The topological polar surface area (TPSA) is 61.0 Å². The van der Waals surface area contributed by atoms with Crippen LogP contribution in [-0.2, 0) is 12.8 Å². The zero-order valence-electron chi connectivity index (χ0n) is 8.79. The average Bonchev–Trinajstić information content (AvgIpc) is 2.37. The van der Waals surface area contributed by atoms with Gasteiger partial charge < -0.3 is 10.5 Å². The lowest BCUT2D eigenvalue weighted by Crippen LogP contribution is -2.10. The van der Waals surface area contributed by atoms with Crippen LogP contribution < -0.4 is 10.5 Å². The maximum Gasteiger partial charge on any atom is 0.223 e. The van der Waals surface area contributed by atoms with Gasteiger partial charge in [-0.25, -0.2) is 4.98 Å². The van der Waals surface area contributed by atoms with Gasteiger partial charge in [-0.3, -0.25) is 0 Å². The number of fused-ring (bicyclic) bond motifs is 1. The molecule has 2 rings (SSSR count). The number of aromatic nitrogens is 2. The Labute approximate surface area is 83.5 Å². The number of hydrogen-bond acceptors (Lipinski definition) is 4. The molecule has 0 fully saturated rings. The van der Waals surface area contributed by atoms with Crippen LogP contribution in [0.2, 0.25) is 0 Å². The van der Waals surface area contributed by atoms with E-state index in [-0.39, 0.29) is 5.41 Å². The Morgan fingerprint density at radius 1 is 1.29 bits per heavy atom. The monoisotopic (exact) mass is 193 g/mol. The molecule has 0 amide bonds. The molecule has 1 aromatic rings. The standard InChI is InChI=1S/C10H15N3O/c1-10(2)4-6-7(5-10)12-9(11)13-8(6)14-3/h4-5H2,1-3H3,(H2,11,12,13). The molecule has 0 aliphatic heterocycles. The number of ether oxygens (including phenoxy) is 1. The molecule has 1 aliphatic rings. The third kappa shape index (κ3) is 1.41. The van der Waals surface area contributed by atoms with Crippen LogP contribution in [0, 0.1) is 5.41 Å². The summed E-state index contributed by atoms with van der Waals surface area (Å²) in [4.78, 5) is 8.32. The second-order valence-electron chi connectivity index (χ2n) is 4.53. The van der Waals surface area contributed by atoms with E-state index in [1.165, 1.54) is 0 Å². The quantitative estimate of drug-likeness (QED) is 0.727. The molecule has 14 heavy (non-hydrogen) atoms. The first kappa shape index (κ1) is 9.24. The van der Waals surface area contributed by atoms with Crippen molar-refractivity contribution in [1.29, 1.82) is 0 Å². The predicted octanol–water partition coefficient (Wildman–Crippen LogP) is 1.19. The summed E-state index contributed by atoms with van der Waals surface area (Å²) in [5.74, 6) is 0.941. The molecule has 0 saturated carbocycles. The van der Waals surface area contributed by atoms with Crippen molar-refractivity contribution >= 4 is 5.95 Å². The molecule has 0 atom stereocenters. The first-order valence-electron chi connectivity index (χ1n) is 4.71. The molecule has 0 radical (unpaired) electrons. The molecule has 0 aromatic carbocycles. The molecular formula is C10H15N3O. The van der Waals surface area contributed by atoms with Crippen molar-refractivity contribution in [3.63, 3.8) is 0 Å². The molecule has 2 N–H and O–H groups in total. The lowest BCUT2D eigenvalue weighted by molar-refractivity contribution is 0.372. The van der Waals surface area contributed by atoms with Gasteiger partial charge in [-0.05, 0) is 18.3 Å². The summed E-state index contributed by atoms with van der Waals surface area (Å²) in [6.45, 7) is 4.43. The third-order valence-corrected chi connectivity index (χ3v) is 2.57. The van der Waals surface area contributed by atoms with Crippen LogP contribution >= 0.6 is 0 Å². The normalized spacial score (nSPS) is 17.9. The Hall–Kier alpha value is -1.32. The van der Waals surface area contributed by atoms with E-state index < -0.39 is 0 Å². The minimum absolute atomic E-state index is 0.248. The molecule has 1 aliphatic carbocycles. The van der Waals surface area contributed by atoms with E-state index >= 15 is 0 Å². The molecule has 4 nitrogen and oxygen atoms in total. The number of methoxy groups -OCH3 is 1. The third-order valence-electron chi connectivity index (χ3n) is 2.57. The minimum atomic E-state index is 0.248. The van der Waals surface area contributed by atoms with E-state index in [0.29, 0.717) is 11.8 Å². The molecular weight excluding hydrogens is 178 g/mol. The van der Waals surface area contributed by atoms with Crippen LogP contribution in [0.25, 0.3) is 0 Å². The van der Waals surface area contributed by atoms with Crippen molar-refractivity contribution < 1.29 is 4.74 Å². The Bertz CT molecular complexity index is 374. The van der Waals surface area contributed by atoms with E-state index in [1.807, 2.05) is 0 Å². The van der Waals surface area contributed by atoms with Crippen molar-refractivity contribution in [3.05, 3.63) is 11.3 Å². The zero-order chi connectivity index (χ0) is 10.3. The molecule has 0 bridgehead atoms. The summed E-state index contributed by atoms with van der Waals surface area (Å²) in [6, 6.07) is 0. The Balaban J connectivity index is 2.50. The van der Waals surface area contributed by atoms with Gasteiger partial charge in [0.2, 0.25) is 11.8 Å². The summed E-state index contributed by atoms with van der Waals surface area (Å²) in [5.41, 5.74) is 8.00. The number of nitrogens with two attached hydrogens (primary N) is 1. The Kier molecular flexibility index (Phi) is 1.87. The van der Waals surface area contributed by atoms with E-state index in [1.54, 1.807) is 7.11 Å². The van der Waals surface area contributed by atoms with E-state index in [0.717, 1.165) is 24.1 Å². The van der Waals surface area contributed by atoms with Crippen molar-refractivity contribution in [1.82, 2.24) is 9.97 Å². The van der Waals surface area contributed by atoms with E-state index in [2.05, 4.69) is 23.8 Å². The van der Waals surface area contributed by atoms with Crippen LogP contribution in [0.3, 0.4) is 0 Å². The lowest BCUT2D eigenvalue weighted by atomic mass is 9.91. The summed E-state index contributed by atoms with van der Waals surface area (Å²) in [7, 11) is 1.62. The maximum absolute atomic E-state index is 5.59. The molecule has 1 aromatic heterocycles. The number of anilines is 1. The van der Waals surface area contributed by atoms with Gasteiger partial charge in [0, 0.05) is 5.56 Å². The summed E-state index contributed by atoms with van der Waals surface area (Å²) in [6.07, 6.45) is 1.91. The van der Waals surface area contributed by atoms with E-state index in [9.17, 15) is 0 Å². The molecule has 0 unspecified atom stereocenters. The van der Waals surface area contributed by atoms with Gasteiger partial charge in [0.1, 0.15) is 0 Å². The predicted molar refractivity (Wildman–Crippen MR) is 54.2 cm³/mol. The Morgan fingerprint density at radius 3 is 2.64 bits per heavy atom. The highest BCUT2D eigenvalue weighted by atomic mass is 16.5. The second kappa shape index (κ2) is 2.83. The van der Waals surface area contributed by atoms with Crippen LogP contribution in [0.4, 0.5) is 5.95 Å². The van der Waals surface area contributed by atoms with Crippen LogP contribution in [0.15, 0.2) is 0 Å². The average molecular weight is 193 g/mol. The van der Waals surface area contributed by atoms with Gasteiger partial charge in [0.05, 0.1) is 12.8 Å². The van der Waals surface area contributed by atoms with Crippen molar-refractivity contribution in [2.45, 2.75) is 26.7 Å². The van der Waals surface area contributed by atoms with Gasteiger partial charge in [0.15, 0.2) is 0 Å². The van der Waals surface area contributed by atoms with Crippen LogP contribution in [0.1, 0.15) is 25.1 Å². The van der Waals surface area contributed by atoms with E-state index in [4.69, 9.17) is 10.5 Å². The molecule has 76 valence electrons. The van der Waals surface area contributed by atoms with Gasteiger partial charge in [-0.15, -0.1) is 0 Å². The molecule has 1 heterocycles. The number of nitrogen functional groups attached to an aromatic ring is 1. The number of rotatable bonds is 1. The molecule has 0 saturated heterocycles. The van der Waals surface area contributed by atoms with Crippen molar-refractivity contribution in [2.24, 2.45) is 5.41 Å². The zero-order valence-corrected chi connectivity index (χ0v) is 8.79. The summed E-state index contributed by atoms with van der Waals surface area (Å²) < 4.78 is 5.20. The molecule has 0 spiro atoms. The fourth-order valence-corrected chi connectivity index (χ4v) is 2.01. The van der Waals surface area contributed by atoms with Crippen molar-refractivity contribution in [2.75, 3.05) is 12.8 Å². The Morgan fingerprint density at radius 2 is 2.00 bits per heavy atom. The lowest BCUT2D eigenvalue weighted by Gasteiger charge is -2.14. The fraction of sp³-hybridized carbons (Fsp3) is 0.600. The van der Waals surface area contributed by atoms with Crippen molar-refractivity contribution in [3.8, 4) is 5.88 Å². The second-order valence-corrected chi connectivity index (χ2v) is 4.53. The maximum atomic E-state index is 5.59. The first-order chi connectivity index (χ1) is 6.52. The number of hydrogen-bond donors (Lipinski definition) is 1. The highest BCUT2D eigenvalue weighted by molar-refractivity contribution is 5.40. The molecule has 4 heteroatoms. The largest absolute Gasteiger partial charge is 0.481 e. The van der Waals surface area contributed by atoms with Crippen LogP contribution in [0.5, 0.6) is 5.88 Å². The van der Waals surface area contributed by atoms with Gasteiger partial charge in [0.25, 0.3) is 0 Å².